The zero-order valence-electron chi connectivity index (χ0n) is 16.9. The minimum atomic E-state index is -0.724. The van der Waals surface area contributed by atoms with E-state index in [9.17, 15) is 13.6 Å². The topological polar surface area (TPSA) is 68.5 Å². The Morgan fingerprint density at radius 1 is 1.26 bits per heavy atom. The Balaban J connectivity index is 1.36. The van der Waals surface area contributed by atoms with E-state index < -0.39 is 11.6 Å². The number of hydrogen-bond donors (Lipinski definition) is 0. The van der Waals surface area contributed by atoms with Crippen LogP contribution in [0.15, 0.2) is 52.1 Å². The number of carbonyl (C=O) groups excluding carboxylic acids is 1. The smallest absolute Gasteiger partial charge is 0.256 e. The van der Waals surface area contributed by atoms with Gasteiger partial charge in [0.15, 0.2) is 11.6 Å². The fourth-order valence-electron chi connectivity index (χ4n) is 3.39. The Morgan fingerprint density at radius 3 is 2.77 bits per heavy atom. The van der Waals surface area contributed by atoms with Crippen molar-refractivity contribution < 1.29 is 22.8 Å². The first kappa shape index (κ1) is 21.3. The number of halogens is 2. The van der Waals surface area contributed by atoms with E-state index in [0.29, 0.717) is 42.3 Å². The number of benzene rings is 1. The summed E-state index contributed by atoms with van der Waals surface area (Å²) in [6.07, 6.45) is 2.54. The van der Waals surface area contributed by atoms with Crippen LogP contribution < -0.4 is 4.74 Å². The summed E-state index contributed by atoms with van der Waals surface area (Å²) in [7, 11) is 0. The van der Waals surface area contributed by atoms with Crippen LogP contribution in [0.2, 0.25) is 0 Å². The molecule has 0 N–H and O–H groups in total. The summed E-state index contributed by atoms with van der Waals surface area (Å²) in [5.74, 6) is -0.155. The number of carbonyl (C=O) groups is 1. The number of amides is 1. The largest absolute Gasteiger partial charge is 0.487 e. The predicted octanol–water partition coefficient (Wildman–Crippen LogP) is 4.63. The number of ether oxygens (including phenoxy) is 1. The molecule has 0 atom stereocenters. The number of nitrogens with zero attached hydrogens (tertiary/aromatic N) is 3. The first-order chi connectivity index (χ1) is 15.0. The van der Waals surface area contributed by atoms with Crippen LogP contribution in [0, 0.1) is 18.6 Å². The van der Waals surface area contributed by atoms with Crippen LogP contribution in [-0.2, 0) is 5.75 Å². The van der Waals surface area contributed by atoms with Gasteiger partial charge in [0, 0.05) is 50.0 Å². The zero-order valence-corrected chi connectivity index (χ0v) is 17.7. The predicted molar refractivity (Wildman–Crippen MR) is 111 cm³/mol. The summed E-state index contributed by atoms with van der Waals surface area (Å²) in [4.78, 5) is 19.2. The summed E-state index contributed by atoms with van der Waals surface area (Å²) < 4.78 is 37.6. The van der Waals surface area contributed by atoms with Crippen molar-refractivity contribution in [3.8, 4) is 5.75 Å². The lowest BCUT2D eigenvalue weighted by atomic mass is 10.1. The molecule has 0 radical (unpaired) electrons. The number of hydrogen-bond acceptors (Lipinski definition) is 6. The van der Waals surface area contributed by atoms with E-state index in [0.717, 1.165) is 17.5 Å². The molecule has 4 rings (SSSR count). The lowest BCUT2D eigenvalue weighted by Gasteiger charge is -2.32. The van der Waals surface area contributed by atoms with Crippen LogP contribution >= 0.6 is 11.8 Å². The van der Waals surface area contributed by atoms with Crippen LogP contribution in [0.25, 0.3) is 0 Å². The fourth-order valence-corrected chi connectivity index (χ4v) is 4.26. The third kappa shape index (κ3) is 5.22. The number of likely N-dealkylation sites (tertiary alicyclic amines) is 1. The average Bonchev–Trinajstić information content (AvgIpc) is 3.19. The molecular formula is C22H21F2N3O3S. The highest BCUT2D eigenvalue weighted by atomic mass is 32.2. The number of pyridine rings is 1. The molecule has 1 aromatic carbocycles. The van der Waals surface area contributed by atoms with Crippen molar-refractivity contribution in [3.05, 3.63) is 71.2 Å². The highest BCUT2D eigenvalue weighted by Crippen LogP contribution is 2.27. The second-order valence-corrected chi connectivity index (χ2v) is 8.22. The monoisotopic (exact) mass is 445 g/mol. The molecule has 1 aliphatic heterocycles. The molecule has 0 unspecified atom stereocenters. The number of thioether (sulfide) groups is 1. The molecule has 31 heavy (non-hydrogen) atoms. The summed E-state index contributed by atoms with van der Waals surface area (Å²) in [6.45, 7) is 2.79. The van der Waals surface area contributed by atoms with Crippen molar-refractivity contribution in [1.82, 2.24) is 15.0 Å². The number of rotatable bonds is 6. The maximum atomic E-state index is 13.8. The molecule has 2 aromatic heterocycles. The van der Waals surface area contributed by atoms with Crippen molar-refractivity contribution in [1.29, 1.82) is 0 Å². The van der Waals surface area contributed by atoms with Crippen LogP contribution in [0.4, 0.5) is 8.78 Å². The van der Waals surface area contributed by atoms with Gasteiger partial charge in [-0.2, -0.15) is 0 Å². The zero-order chi connectivity index (χ0) is 21.8. The van der Waals surface area contributed by atoms with Crippen LogP contribution in [0.1, 0.15) is 34.7 Å². The quantitative estimate of drug-likeness (QED) is 0.515. The van der Waals surface area contributed by atoms with E-state index in [1.54, 1.807) is 23.2 Å². The average molecular weight is 445 g/mol. The van der Waals surface area contributed by atoms with Gasteiger partial charge in [-0.1, -0.05) is 16.9 Å². The number of piperidine rings is 1. The molecule has 1 saturated heterocycles. The van der Waals surface area contributed by atoms with E-state index >= 15 is 0 Å². The summed E-state index contributed by atoms with van der Waals surface area (Å²) >= 11 is 1.43. The van der Waals surface area contributed by atoms with Gasteiger partial charge in [-0.15, -0.1) is 0 Å². The SMILES string of the molecule is Cc1cc(CSc2ncccc2C(=O)N2CCC(Oc3ccc(F)cc3F)CC2)no1. The molecule has 3 heterocycles. The number of aromatic nitrogens is 2. The van der Waals surface area contributed by atoms with Crippen molar-refractivity contribution in [2.24, 2.45) is 0 Å². The third-order valence-electron chi connectivity index (χ3n) is 4.95. The van der Waals surface area contributed by atoms with Gasteiger partial charge in [-0.3, -0.25) is 4.79 Å². The second kappa shape index (κ2) is 9.47. The molecule has 162 valence electrons. The van der Waals surface area contributed by atoms with Gasteiger partial charge in [0.2, 0.25) is 0 Å². The Kier molecular flexibility index (Phi) is 6.50. The molecule has 1 aliphatic rings. The van der Waals surface area contributed by atoms with Gasteiger partial charge >= 0.3 is 0 Å². The lowest BCUT2D eigenvalue weighted by Crippen LogP contribution is -2.42. The fraction of sp³-hybridized carbons (Fsp3) is 0.318. The molecule has 1 amide bonds. The van der Waals surface area contributed by atoms with E-state index in [4.69, 9.17) is 9.26 Å². The van der Waals surface area contributed by atoms with Crippen LogP contribution in [0.5, 0.6) is 5.75 Å². The normalized spacial score (nSPS) is 14.6. The molecule has 0 saturated carbocycles. The van der Waals surface area contributed by atoms with E-state index in [2.05, 4.69) is 10.1 Å². The van der Waals surface area contributed by atoms with Crippen LogP contribution in [0.3, 0.4) is 0 Å². The highest BCUT2D eigenvalue weighted by Gasteiger charge is 2.27. The first-order valence-electron chi connectivity index (χ1n) is 9.90. The van der Waals surface area contributed by atoms with E-state index in [1.165, 1.54) is 23.9 Å². The second-order valence-electron chi connectivity index (χ2n) is 7.26. The molecule has 1 fully saturated rings. The van der Waals surface area contributed by atoms with Gasteiger partial charge in [0.05, 0.1) is 11.3 Å². The Labute approximate surface area is 182 Å². The minimum absolute atomic E-state index is 0.0280. The van der Waals surface area contributed by atoms with Crippen molar-refractivity contribution in [2.75, 3.05) is 13.1 Å². The van der Waals surface area contributed by atoms with Gasteiger partial charge in [-0.25, -0.2) is 13.8 Å². The molecule has 0 aliphatic carbocycles. The van der Waals surface area contributed by atoms with Gasteiger partial charge in [-0.05, 0) is 31.2 Å². The summed E-state index contributed by atoms with van der Waals surface area (Å²) in [6, 6.07) is 8.62. The molecule has 6 nitrogen and oxygen atoms in total. The molecule has 9 heteroatoms. The summed E-state index contributed by atoms with van der Waals surface area (Å²) in [5.41, 5.74) is 1.33. The Bertz CT molecular complexity index is 1070. The maximum Gasteiger partial charge on any atom is 0.256 e. The van der Waals surface area contributed by atoms with Crippen molar-refractivity contribution in [2.45, 2.75) is 36.6 Å². The molecule has 0 bridgehead atoms. The van der Waals surface area contributed by atoms with Gasteiger partial charge in [0.1, 0.15) is 22.7 Å². The molecular weight excluding hydrogens is 424 g/mol. The number of aryl methyl sites for hydroxylation is 1. The lowest BCUT2D eigenvalue weighted by molar-refractivity contribution is 0.0584. The molecule has 0 spiro atoms. The van der Waals surface area contributed by atoms with Crippen molar-refractivity contribution >= 4 is 17.7 Å². The standard InChI is InChI=1S/C22H21F2N3O3S/c1-14-11-16(26-30-14)13-31-21-18(3-2-8-25-21)22(28)27-9-6-17(7-10-27)29-20-5-4-15(23)12-19(20)24/h2-5,8,11-12,17H,6-7,9-10,13H2,1H3. The third-order valence-corrected chi connectivity index (χ3v) is 5.99. The van der Waals surface area contributed by atoms with Gasteiger partial charge in [0.25, 0.3) is 5.91 Å². The van der Waals surface area contributed by atoms with E-state index in [1.807, 2.05) is 13.0 Å². The highest BCUT2D eigenvalue weighted by molar-refractivity contribution is 7.98. The maximum absolute atomic E-state index is 13.8. The van der Waals surface area contributed by atoms with Gasteiger partial charge < -0.3 is 14.2 Å². The van der Waals surface area contributed by atoms with Crippen LogP contribution in [-0.4, -0.2) is 40.1 Å². The van der Waals surface area contributed by atoms with E-state index in [-0.39, 0.29) is 17.8 Å². The van der Waals surface area contributed by atoms with Crippen molar-refractivity contribution in [3.63, 3.8) is 0 Å². The minimum Gasteiger partial charge on any atom is -0.487 e. The summed E-state index contributed by atoms with van der Waals surface area (Å²) in [5, 5.41) is 4.61. The Hall–Kier alpha value is -2.94. The first-order valence-corrected chi connectivity index (χ1v) is 10.9. The Morgan fingerprint density at radius 2 is 2.06 bits per heavy atom. The molecule has 3 aromatic rings.